The summed E-state index contributed by atoms with van der Waals surface area (Å²) in [5.41, 5.74) is -2.59. The van der Waals surface area contributed by atoms with Gasteiger partial charge in [0.05, 0.1) is 6.61 Å². The molecule has 19 heavy (non-hydrogen) atoms. The summed E-state index contributed by atoms with van der Waals surface area (Å²) in [6.45, 7) is 0.895. The molecule has 2 rings (SSSR count). The summed E-state index contributed by atoms with van der Waals surface area (Å²) in [4.78, 5) is 35.3. The second-order valence-corrected chi connectivity index (χ2v) is 5.90. The van der Waals surface area contributed by atoms with Crippen LogP contribution >= 0.6 is 0 Å². The summed E-state index contributed by atoms with van der Waals surface area (Å²) in [5.74, 6) is -1.02. The van der Waals surface area contributed by atoms with E-state index in [2.05, 4.69) is 0 Å². The molecule has 1 atom stereocenters. The predicted octanol–water partition coefficient (Wildman–Crippen LogP) is 1.02. The molecule has 0 saturated heterocycles. The second kappa shape index (κ2) is 5.04. The van der Waals surface area contributed by atoms with Crippen LogP contribution in [0.15, 0.2) is 0 Å². The monoisotopic (exact) mass is 268 g/mol. The van der Waals surface area contributed by atoms with E-state index in [9.17, 15) is 19.5 Å². The minimum Gasteiger partial charge on any atom is -0.448 e. The zero-order valence-electron chi connectivity index (χ0n) is 11.2. The highest BCUT2D eigenvalue weighted by Crippen LogP contribution is 2.41. The molecule has 106 valence electrons. The summed E-state index contributed by atoms with van der Waals surface area (Å²) >= 11 is 0. The van der Waals surface area contributed by atoms with Crippen molar-refractivity contribution in [2.24, 2.45) is 11.3 Å². The molecule has 2 saturated carbocycles. The molecule has 1 unspecified atom stereocenters. The number of Topliss-reactive ketones (excluding diaryl/α,β-unsaturated/α-hetero) is 1. The molecule has 2 aliphatic carbocycles. The molecule has 0 aromatic rings. The van der Waals surface area contributed by atoms with E-state index >= 15 is 0 Å². The molecule has 0 radical (unpaired) electrons. The lowest BCUT2D eigenvalue weighted by atomic mass is 9.70. The van der Waals surface area contributed by atoms with E-state index in [1.54, 1.807) is 0 Å². The summed E-state index contributed by atoms with van der Waals surface area (Å²) in [6.07, 6.45) is 4.91. The number of aliphatic hydroxyl groups is 1. The fraction of sp³-hybridized carbons (Fsp3) is 0.786. The predicted molar refractivity (Wildman–Crippen MR) is 66.3 cm³/mol. The van der Waals surface area contributed by atoms with Gasteiger partial charge in [0.25, 0.3) is 0 Å². The van der Waals surface area contributed by atoms with E-state index in [0.717, 1.165) is 25.7 Å². The molecule has 0 bridgehead atoms. The molecule has 0 spiro atoms. The number of rotatable bonds is 6. The lowest BCUT2D eigenvalue weighted by Crippen LogP contribution is -2.52. The van der Waals surface area contributed by atoms with Crippen LogP contribution in [-0.2, 0) is 19.1 Å². The first kappa shape index (κ1) is 14.2. The van der Waals surface area contributed by atoms with Gasteiger partial charge in [-0.25, -0.2) is 0 Å². The lowest BCUT2D eigenvalue weighted by Gasteiger charge is -2.39. The lowest BCUT2D eigenvalue weighted by molar-refractivity contribution is -0.185. The van der Waals surface area contributed by atoms with Gasteiger partial charge < -0.3 is 14.6 Å². The average Bonchev–Trinajstić information content (AvgIpc) is 2.25. The van der Waals surface area contributed by atoms with E-state index in [-0.39, 0.29) is 11.7 Å². The van der Waals surface area contributed by atoms with Crippen LogP contribution in [0.2, 0.25) is 0 Å². The Bertz CT molecular complexity index is 395. The summed E-state index contributed by atoms with van der Waals surface area (Å²) in [7, 11) is 0. The number of hydrogen-bond acceptors (Lipinski definition) is 5. The van der Waals surface area contributed by atoms with Crippen molar-refractivity contribution in [3.05, 3.63) is 0 Å². The van der Waals surface area contributed by atoms with Gasteiger partial charge in [0, 0.05) is 5.92 Å². The van der Waals surface area contributed by atoms with Crippen molar-refractivity contribution in [3.63, 3.8) is 0 Å². The van der Waals surface area contributed by atoms with E-state index in [1.807, 2.05) is 0 Å². The average molecular weight is 268 g/mol. The minimum absolute atomic E-state index is 0.126. The summed E-state index contributed by atoms with van der Waals surface area (Å²) < 4.78 is 5.23. The Hall–Kier alpha value is -1.23. The fourth-order valence-corrected chi connectivity index (χ4v) is 2.50. The van der Waals surface area contributed by atoms with Gasteiger partial charge in [0.1, 0.15) is 11.7 Å². The van der Waals surface area contributed by atoms with Crippen LogP contribution in [0.3, 0.4) is 0 Å². The van der Waals surface area contributed by atoms with E-state index in [1.165, 1.54) is 6.92 Å². The third-order valence-corrected chi connectivity index (χ3v) is 4.49. The molecule has 0 aromatic heterocycles. The quantitative estimate of drug-likeness (QED) is 0.442. The molecule has 5 heteroatoms. The van der Waals surface area contributed by atoms with Crippen LogP contribution in [0.5, 0.6) is 0 Å². The number of hydrogen-bond donors (Lipinski definition) is 1. The van der Waals surface area contributed by atoms with Gasteiger partial charge >= 0.3 is 5.97 Å². The van der Waals surface area contributed by atoms with E-state index in [4.69, 9.17) is 4.74 Å². The van der Waals surface area contributed by atoms with Gasteiger partial charge in [-0.3, -0.25) is 9.59 Å². The number of carbonyl (C=O) groups is 3. The SMILES string of the molecule is CC(CO)(OC(=O)C1(C=O)CCC1)C(=O)C1CCC1. The number of aldehydes is 1. The maximum Gasteiger partial charge on any atom is 0.320 e. The maximum atomic E-state index is 12.2. The molecule has 2 fully saturated rings. The molecule has 0 aromatic carbocycles. The first-order valence-corrected chi connectivity index (χ1v) is 6.82. The topological polar surface area (TPSA) is 80.7 Å². The van der Waals surface area contributed by atoms with Crippen molar-refractivity contribution < 1.29 is 24.2 Å². The van der Waals surface area contributed by atoms with Crippen molar-refractivity contribution in [1.82, 2.24) is 0 Å². The van der Waals surface area contributed by atoms with E-state index < -0.39 is 23.6 Å². The van der Waals surface area contributed by atoms with Gasteiger partial charge in [0.2, 0.25) is 0 Å². The smallest absolute Gasteiger partial charge is 0.320 e. The third kappa shape index (κ3) is 2.31. The number of ketones is 1. The normalized spacial score (nSPS) is 24.5. The zero-order chi connectivity index (χ0) is 14.1. The first-order valence-electron chi connectivity index (χ1n) is 6.82. The largest absolute Gasteiger partial charge is 0.448 e. The molecule has 5 nitrogen and oxygen atoms in total. The van der Waals surface area contributed by atoms with Crippen molar-refractivity contribution in [2.75, 3.05) is 6.61 Å². The van der Waals surface area contributed by atoms with Crippen LogP contribution in [0.1, 0.15) is 45.4 Å². The van der Waals surface area contributed by atoms with Gasteiger partial charge in [-0.2, -0.15) is 0 Å². The molecular weight excluding hydrogens is 248 g/mol. The number of ether oxygens (including phenoxy) is 1. The van der Waals surface area contributed by atoms with Crippen LogP contribution in [0, 0.1) is 11.3 Å². The Kier molecular flexibility index (Phi) is 3.76. The molecule has 0 amide bonds. The van der Waals surface area contributed by atoms with Crippen molar-refractivity contribution in [2.45, 2.75) is 51.0 Å². The Balaban J connectivity index is 2.07. The number of aliphatic hydroxyl groups excluding tert-OH is 1. The van der Waals surface area contributed by atoms with Gasteiger partial charge in [0.15, 0.2) is 11.4 Å². The van der Waals surface area contributed by atoms with Gasteiger partial charge in [-0.1, -0.05) is 12.8 Å². The van der Waals surface area contributed by atoms with Gasteiger partial charge in [-0.05, 0) is 32.6 Å². The highest BCUT2D eigenvalue weighted by Gasteiger charge is 2.50. The molecule has 0 heterocycles. The fourth-order valence-electron chi connectivity index (χ4n) is 2.50. The first-order chi connectivity index (χ1) is 8.97. The van der Waals surface area contributed by atoms with Crippen LogP contribution in [0.25, 0.3) is 0 Å². The Morgan fingerprint density at radius 2 is 2.00 bits per heavy atom. The summed E-state index contributed by atoms with van der Waals surface area (Å²) in [5, 5.41) is 9.42. The number of carbonyl (C=O) groups excluding carboxylic acids is 3. The van der Waals surface area contributed by atoms with E-state index in [0.29, 0.717) is 19.1 Å². The maximum absolute atomic E-state index is 12.2. The van der Waals surface area contributed by atoms with Crippen LogP contribution in [-0.4, -0.2) is 35.4 Å². The highest BCUT2D eigenvalue weighted by molar-refractivity contribution is 5.97. The summed E-state index contributed by atoms with van der Waals surface area (Å²) in [6, 6.07) is 0. The molecule has 1 N–H and O–H groups in total. The molecular formula is C14H20O5. The van der Waals surface area contributed by atoms with Crippen molar-refractivity contribution in [3.8, 4) is 0 Å². The zero-order valence-corrected chi connectivity index (χ0v) is 11.2. The second-order valence-electron chi connectivity index (χ2n) is 5.90. The third-order valence-electron chi connectivity index (χ3n) is 4.49. The van der Waals surface area contributed by atoms with Crippen molar-refractivity contribution in [1.29, 1.82) is 0 Å². The Morgan fingerprint density at radius 3 is 2.32 bits per heavy atom. The Labute approximate surface area is 112 Å². The minimum atomic E-state index is -1.51. The standard InChI is InChI=1S/C14H20O5/c1-13(8-15,11(17)10-4-2-5-10)19-12(18)14(9-16)6-3-7-14/h9-10,15H,2-8H2,1H3. The number of esters is 1. The van der Waals surface area contributed by atoms with Crippen molar-refractivity contribution >= 4 is 18.0 Å². The van der Waals surface area contributed by atoms with Crippen LogP contribution in [0.4, 0.5) is 0 Å². The molecule has 2 aliphatic rings. The Morgan fingerprint density at radius 1 is 1.37 bits per heavy atom. The molecule has 0 aliphatic heterocycles. The van der Waals surface area contributed by atoms with Crippen LogP contribution < -0.4 is 0 Å². The highest BCUT2D eigenvalue weighted by atomic mass is 16.6. The van der Waals surface area contributed by atoms with Gasteiger partial charge in [-0.15, -0.1) is 0 Å².